The SMILES string of the molecule is COc1ccc(N2CCCC2=O)cc1S(=O)(=O)NCCN1C(=O)CSC1=S. The zero-order chi connectivity index (χ0) is 19.6. The van der Waals surface area contributed by atoms with E-state index in [1.165, 1.54) is 35.9 Å². The maximum atomic E-state index is 12.8. The number of benzene rings is 1. The van der Waals surface area contributed by atoms with Crippen LogP contribution in [-0.2, 0) is 19.6 Å². The maximum absolute atomic E-state index is 12.8. The van der Waals surface area contributed by atoms with Gasteiger partial charge in [0.25, 0.3) is 0 Å². The fourth-order valence-corrected chi connectivity index (χ4v) is 5.26. The number of carbonyl (C=O) groups is 2. The van der Waals surface area contributed by atoms with Crippen molar-refractivity contribution >= 4 is 55.8 Å². The van der Waals surface area contributed by atoms with Crippen molar-refractivity contribution in [3.05, 3.63) is 18.2 Å². The molecule has 1 N–H and O–H groups in total. The van der Waals surface area contributed by atoms with Gasteiger partial charge >= 0.3 is 0 Å². The number of rotatable bonds is 7. The summed E-state index contributed by atoms with van der Waals surface area (Å²) in [6, 6.07) is 4.64. The highest BCUT2D eigenvalue weighted by Crippen LogP contribution is 2.30. The number of thiocarbonyl (C=S) groups is 1. The standard InChI is InChI=1S/C16H19N3O5S3/c1-24-12-5-4-11(18-7-2-3-14(18)20)9-13(12)27(22,23)17-6-8-19-15(21)10-26-16(19)25/h4-5,9,17H,2-3,6-8,10H2,1H3. The Hall–Kier alpha value is -1.69. The van der Waals surface area contributed by atoms with Crippen LogP contribution in [0.15, 0.2) is 23.1 Å². The molecular weight excluding hydrogens is 410 g/mol. The molecule has 2 amide bonds. The fourth-order valence-electron chi connectivity index (χ4n) is 2.93. The van der Waals surface area contributed by atoms with E-state index in [0.29, 0.717) is 23.0 Å². The van der Waals surface area contributed by atoms with Gasteiger partial charge in [-0.05, 0) is 24.6 Å². The predicted octanol–water partition coefficient (Wildman–Crippen LogP) is 0.961. The maximum Gasteiger partial charge on any atom is 0.244 e. The number of sulfonamides is 1. The largest absolute Gasteiger partial charge is 0.495 e. The second-order valence-corrected chi connectivity index (χ2v) is 9.33. The molecule has 0 atom stereocenters. The van der Waals surface area contributed by atoms with E-state index in [9.17, 15) is 18.0 Å². The average Bonchev–Trinajstić information content (AvgIpc) is 3.21. The lowest BCUT2D eigenvalue weighted by atomic mass is 10.3. The molecule has 1 aromatic rings. The third-order valence-electron chi connectivity index (χ3n) is 4.29. The summed E-state index contributed by atoms with van der Waals surface area (Å²) in [5, 5.41) is 0. The number of hydrogen-bond acceptors (Lipinski definition) is 7. The van der Waals surface area contributed by atoms with Gasteiger partial charge in [-0.25, -0.2) is 13.1 Å². The minimum atomic E-state index is -3.90. The molecule has 27 heavy (non-hydrogen) atoms. The van der Waals surface area contributed by atoms with Gasteiger partial charge < -0.3 is 9.64 Å². The lowest BCUT2D eigenvalue weighted by molar-refractivity contribution is -0.124. The van der Waals surface area contributed by atoms with Crippen molar-refractivity contribution in [3.63, 3.8) is 0 Å². The highest BCUT2D eigenvalue weighted by molar-refractivity contribution is 8.23. The van der Waals surface area contributed by atoms with Gasteiger partial charge in [0.05, 0.1) is 12.9 Å². The first-order valence-corrected chi connectivity index (χ1v) is 11.2. The zero-order valence-corrected chi connectivity index (χ0v) is 17.1. The molecule has 1 aromatic carbocycles. The quantitative estimate of drug-likeness (QED) is 0.645. The Morgan fingerprint density at radius 2 is 2.07 bits per heavy atom. The molecule has 2 aliphatic heterocycles. The first-order valence-electron chi connectivity index (χ1n) is 8.28. The van der Waals surface area contributed by atoms with Gasteiger partial charge in [-0.3, -0.25) is 14.5 Å². The Balaban J connectivity index is 1.77. The summed E-state index contributed by atoms with van der Waals surface area (Å²) in [4.78, 5) is 26.6. The Bertz CT molecular complexity index is 871. The molecule has 0 radical (unpaired) electrons. The lowest BCUT2D eigenvalue weighted by Gasteiger charge is -2.19. The molecule has 2 fully saturated rings. The van der Waals surface area contributed by atoms with Gasteiger partial charge in [0.2, 0.25) is 21.8 Å². The van der Waals surface area contributed by atoms with Crippen molar-refractivity contribution in [1.29, 1.82) is 0 Å². The number of nitrogens with one attached hydrogen (secondary N) is 1. The summed E-state index contributed by atoms with van der Waals surface area (Å²) < 4.78 is 33.6. The number of ether oxygens (including phenoxy) is 1. The molecule has 0 bridgehead atoms. The van der Waals surface area contributed by atoms with E-state index in [-0.39, 0.29) is 41.3 Å². The molecule has 0 unspecified atom stereocenters. The van der Waals surface area contributed by atoms with E-state index >= 15 is 0 Å². The first-order chi connectivity index (χ1) is 12.8. The summed E-state index contributed by atoms with van der Waals surface area (Å²) >= 11 is 6.34. The van der Waals surface area contributed by atoms with Gasteiger partial charge in [0, 0.05) is 31.7 Å². The molecule has 3 rings (SSSR count). The summed E-state index contributed by atoms with van der Waals surface area (Å²) in [5.41, 5.74) is 0.519. The molecule has 2 saturated heterocycles. The topological polar surface area (TPSA) is 96.0 Å². The minimum absolute atomic E-state index is 0.0187. The minimum Gasteiger partial charge on any atom is -0.495 e. The highest BCUT2D eigenvalue weighted by Gasteiger charge is 2.28. The van der Waals surface area contributed by atoms with Crippen LogP contribution >= 0.6 is 24.0 Å². The van der Waals surface area contributed by atoms with Crippen LogP contribution in [0.3, 0.4) is 0 Å². The smallest absolute Gasteiger partial charge is 0.244 e. The molecular formula is C16H19N3O5S3. The van der Waals surface area contributed by atoms with Crippen LogP contribution in [0.5, 0.6) is 5.75 Å². The zero-order valence-electron chi connectivity index (χ0n) is 14.6. The number of anilines is 1. The monoisotopic (exact) mass is 429 g/mol. The Labute approximate surface area is 167 Å². The van der Waals surface area contributed by atoms with E-state index in [4.69, 9.17) is 17.0 Å². The number of thioether (sulfide) groups is 1. The van der Waals surface area contributed by atoms with E-state index in [2.05, 4.69) is 4.72 Å². The number of nitrogens with zero attached hydrogens (tertiary/aromatic N) is 2. The summed E-state index contributed by atoms with van der Waals surface area (Å²) in [5.74, 6) is 0.304. The summed E-state index contributed by atoms with van der Waals surface area (Å²) in [6.45, 7) is 0.742. The van der Waals surface area contributed by atoms with Crippen molar-refractivity contribution in [2.24, 2.45) is 0 Å². The third-order valence-corrected chi connectivity index (χ3v) is 7.20. The van der Waals surface area contributed by atoms with Crippen LogP contribution in [0.1, 0.15) is 12.8 Å². The highest BCUT2D eigenvalue weighted by atomic mass is 32.2. The van der Waals surface area contributed by atoms with Crippen molar-refractivity contribution in [2.75, 3.05) is 37.4 Å². The second-order valence-electron chi connectivity index (χ2n) is 5.98. The Kier molecular flexibility index (Phi) is 6.04. The van der Waals surface area contributed by atoms with E-state index in [1.54, 1.807) is 11.0 Å². The normalized spacial score (nSPS) is 17.9. The number of methoxy groups -OCH3 is 1. The Morgan fingerprint density at radius 3 is 2.67 bits per heavy atom. The van der Waals surface area contributed by atoms with Crippen LogP contribution in [0, 0.1) is 0 Å². The Morgan fingerprint density at radius 1 is 1.30 bits per heavy atom. The van der Waals surface area contributed by atoms with E-state index in [1.807, 2.05) is 0 Å². The van der Waals surface area contributed by atoms with Crippen LogP contribution in [-0.4, -0.2) is 61.9 Å². The molecule has 0 spiro atoms. The van der Waals surface area contributed by atoms with Gasteiger partial charge in [0.15, 0.2) is 0 Å². The van der Waals surface area contributed by atoms with Gasteiger partial charge in [0.1, 0.15) is 15.0 Å². The fraction of sp³-hybridized carbons (Fsp3) is 0.438. The van der Waals surface area contributed by atoms with E-state index in [0.717, 1.165) is 6.42 Å². The third kappa shape index (κ3) is 4.26. The molecule has 0 aliphatic carbocycles. The van der Waals surface area contributed by atoms with Gasteiger partial charge in [-0.1, -0.05) is 24.0 Å². The molecule has 146 valence electrons. The lowest BCUT2D eigenvalue weighted by Crippen LogP contribution is -2.37. The van der Waals surface area contributed by atoms with Crippen molar-refractivity contribution in [1.82, 2.24) is 9.62 Å². The summed E-state index contributed by atoms with van der Waals surface area (Å²) in [7, 11) is -2.52. The van der Waals surface area contributed by atoms with Gasteiger partial charge in [-0.15, -0.1) is 0 Å². The molecule has 2 aliphatic rings. The van der Waals surface area contributed by atoms with Crippen LogP contribution < -0.4 is 14.4 Å². The molecule has 11 heteroatoms. The number of amides is 2. The first kappa shape index (κ1) is 20.1. The van der Waals surface area contributed by atoms with Crippen molar-refractivity contribution < 1.29 is 22.7 Å². The molecule has 0 saturated carbocycles. The molecule has 0 aromatic heterocycles. The van der Waals surface area contributed by atoms with Crippen molar-refractivity contribution in [3.8, 4) is 5.75 Å². The van der Waals surface area contributed by atoms with Crippen LogP contribution in [0.25, 0.3) is 0 Å². The summed E-state index contributed by atoms with van der Waals surface area (Å²) in [6.07, 6.45) is 1.20. The predicted molar refractivity (Wildman–Crippen MR) is 107 cm³/mol. The number of hydrogen-bond donors (Lipinski definition) is 1. The molecule has 2 heterocycles. The van der Waals surface area contributed by atoms with Crippen molar-refractivity contribution in [2.45, 2.75) is 17.7 Å². The van der Waals surface area contributed by atoms with Crippen LogP contribution in [0.4, 0.5) is 5.69 Å². The van der Waals surface area contributed by atoms with E-state index < -0.39 is 10.0 Å². The van der Waals surface area contributed by atoms with Crippen LogP contribution in [0.2, 0.25) is 0 Å². The second kappa shape index (κ2) is 8.13. The number of carbonyl (C=O) groups excluding carboxylic acids is 2. The average molecular weight is 430 g/mol. The molecule has 8 nitrogen and oxygen atoms in total. The van der Waals surface area contributed by atoms with Gasteiger partial charge in [-0.2, -0.15) is 0 Å².